The Morgan fingerprint density at radius 2 is 1.86 bits per heavy atom. The summed E-state index contributed by atoms with van der Waals surface area (Å²) in [6.07, 6.45) is 0. The highest BCUT2D eigenvalue weighted by molar-refractivity contribution is 6.50. The molecule has 1 rings (SSSR count). The minimum absolute atomic E-state index is 0.356. The molecule has 0 saturated carbocycles. The van der Waals surface area contributed by atoms with Crippen molar-refractivity contribution in [3.63, 3.8) is 0 Å². The van der Waals surface area contributed by atoms with Crippen molar-refractivity contribution in [3.8, 4) is 0 Å². The van der Waals surface area contributed by atoms with Gasteiger partial charge in [0.2, 0.25) is 0 Å². The first-order valence-electron chi connectivity index (χ1n) is 3.47. The summed E-state index contributed by atoms with van der Waals surface area (Å²) in [6.45, 7) is 1.89. The molecule has 0 aliphatic heterocycles. The van der Waals surface area contributed by atoms with Crippen LogP contribution in [0.5, 0.6) is 0 Å². The van der Waals surface area contributed by atoms with E-state index >= 15 is 0 Å². The Balaban J connectivity index is 0.000000292. The van der Waals surface area contributed by atoms with E-state index in [4.69, 9.17) is 5.39 Å². The summed E-state index contributed by atoms with van der Waals surface area (Å²) in [5.41, 5.74) is 0.975. The van der Waals surface area contributed by atoms with Gasteiger partial charge in [0.1, 0.15) is 0 Å². The molecule has 0 saturated heterocycles. The zero-order valence-electron chi connectivity index (χ0n) is 7.46. The van der Waals surface area contributed by atoms with Crippen LogP contribution in [0.2, 0.25) is 0 Å². The Labute approximate surface area is 77.3 Å². The lowest BCUT2D eigenvalue weighted by atomic mass is 10.3. The van der Waals surface area contributed by atoms with E-state index in [1.54, 1.807) is 17.8 Å². The van der Waals surface area contributed by atoms with Crippen LogP contribution in [0.15, 0.2) is 6.07 Å². The number of nitrogens with zero attached hydrogens (tertiary/aromatic N) is 4. The van der Waals surface area contributed by atoms with Crippen LogP contribution in [0.4, 0.5) is 23.1 Å². The molecule has 0 aromatic carbocycles. The molecule has 9 heteroatoms. The summed E-state index contributed by atoms with van der Waals surface area (Å²) in [7, 11) is -4.20. The average molecular weight is 210 g/mol. The van der Waals surface area contributed by atoms with Crippen molar-refractivity contribution < 1.29 is 17.3 Å². The van der Waals surface area contributed by atoms with Gasteiger partial charge in [0, 0.05) is 4.98 Å². The zero-order chi connectivity index (χ0) is 11.4. The molecule has 0 spiro atoms. The largest absolute Gasteiger partial charge is 0.673 e. The Morgan fingerprint density at radius 1 is 1.43 bits per heavy atom. The van der Waals surface area contributed by atoms with E-state index in [1.165, 1.54) is 0 Å². The molecule has 0 amide bonds. The minimum Gasteiger partial charge on any atom is -0.418 e. The Morgan fingerprint density at radius 3 is 2.00 bits per heavy atom. The van der Waals surface area contributed by atoms with Gasteiger partial charge in [0.15, 0.2) is 0 Å². The van der Waals surface area contributed by atoms with E-state index in [1.807, 2.05) is 6.92 Å². The molecule has 0 radical (unpaired) electrons. The van der Waals surface area contributed by atoms with Crippen molar-refractivity contribution in [1.82, 2.24) is 9.78 Å². The molecule has 1 aromatic rings. The summed E-state index contributed by atoms with van der Waals surface area (Å²) in [6, 6.07) is 1.69. The summed E-state index contributed by atoms with van der Waals surface area (Å²) in [5, 5.41) is 12.1. The fourth-order valence-corrected chi connectivity index (χ4v) is 0.591. The molecule has 1 aromatic heterocycles. The van der Waals surface area contributed by atoms with Gasteiger partial charge < -0.3 is 17.3 Å². The lowest BCUT2D eigenvalue weighted by molar-refractivity contribution is 0.368. The normalized spacial score (nSPS) is 10.1. The first kappa shape index (κ1) is 12.4. The SMILES string of the molecule is Cc1cc([N+]#N)nn1C.F[B-](F)(F)F. The minimum atomic E-state index is -6.00. The van der Waals surface area contributed by atoms with Gasteiger partial charge in [-0.2, -0.15) is 4.68 Å². The van der Waals surface area contributed by atoms with E-state index in [-0.39, 0.29) is 0 Å². The van der Waals surface area contributed by atoms with E-state index < -0.39 is 7.25 Å². The average Bonchev–Trinajstić information content (AvgIpc) is 2.28. The fraction of sp³-hybridized carbons (Fsp3) is 0.400. The highest BCUT2D eigenvalue weighted by Crippen LogP contribution is 2.09. The topological polar surface area (TPSA) is 46.0 Å². The molecule has 0 N–H and O–H groups in total. The van der Waals surface area contributed by atoms with Gasteiger partial charge in [0.25, 0.3) is 0 Å². The number of rotatable bonds is 0. The van der Waals surface area contributed by atoms with Crippen LogP contribution < -0.4 is 0 Å². The van der Waals surface area contributed by atoms with Gasteiger partial charge in [-0.15, -0.1) is 0 Å². The highest BCUT2D eigenvalue weighted by Gasteiger charge is 2.20. The van der Waals surface area contributed by atoms with E-state index in [9.17, 15) is 17.3 Å². The Kier molecular flexibility index (Phi) is 4.07. The Hall–Kier alpha value is -1.59. The summed E-state index contributed by atoms with van der Waals surface area (Å²) in [4.78, 5) is 2.92. The van der Waals surface area contributed by atoms with Crippen LogP contribution in [-0.2, 0) is 7.05 Å². The summed E-state index contributed by atoms with van der Waals surface area (Å²) in [5.74, 6) is 0.356. The second kappa shape index (κ2) is 4.60. The van der Waals surface area contributed by atoms with Gasteiger partial charge in [0.05, 0.1) is 29.3 Å². The van der Waals surface area contributed by atoms with Crippen LogP contribution in [-0.4, -0.2) is 17.0 Å². The number of hydrogen-bond acceptors (Lipinski definition) is 2. The first-order chi connectivity index (χ1) is 6.24. The quantitative estimate of drug-likeness (QED) is 0.375. The Bertz CT molecular complexity index is 313. The lowest BCUT2D eigenvalue weighted by Gasteiger charge is -1.94. The lowest BCUT2D eigenvalue weighted by Crippen LogP contribution is -2.02. The van der Waals surface area contributed by atoms with Gasteiger partial charge in [-0.1, -0.05) is 0 Å². The molecule has 0 bridgehead atoms. The predicted octanol–water partition coefficient (Wildman–Crippen LogP) is 2.51. The van der Waals surface area contributed by atoms with E-state index in [2.05, 4.69) is 10.1 Å². The maximum absolute atomic E-state index is 9.75. The van der Waals surface area contributed by atoms with E-state index in [0.717, 1.165) is 5.69 Å². The summed E-state index contributed by atoms with van der Waals surface area (Å²) >= 11 is 0. The van der Waals surface area contributed by atoms with Crippen LogP contribution in [0, 0.1) is 12.3 Å². The molecule has 0 aliphatic carbocycles. The van der Waals surface area contributed by atoms with Crippen LogP contribution in [0.1, 0.15) is 5.69 Å². The smallest absolute Gasteiger partial charge is 0.418 e. The highest BCUT2D eigenvalue weighted by atomic mass is 19.5. The van der Waals surface area contributed by atoms with Gasteiger partial charge in [-0.05, 0) is 6.92 Å². The third kappa shape index (κ3) is 5.99. The number of halogens is 4. The zero-order valence-corrected chi connectivity index (χ0v) is 7.46. The van der Waals surface area contributed by atoms with Crippen LogP contribution in [0.3, 0.4) is 0 Å². The second-order valence-corrected chi connectivity index (χ2v) is 2.36. The third-order valence-corrected chi connectivity index (χ3v) is 1.20. The van der Waals surface area contributed by atoms with Gasteiger partial charge in [-0.25, -0.2) is 0 Å². The molecule has 78 valence electrons. The van der Waals surface area contributed by atoms with E-state index in [0.29, 0.717) is 5.82 Å². The maximum Gasteiger partial charge on any atom is 0.673 e. The van der Waals surface area contributed by atoms with Crippen molar-refractivity contribution in [2.75, 3.05) is 0 Å². The standard InChI is InChI=1S/C5H7N4.BF4/c1-4-3-5(7-6)8-9(4)2;2-1(3,4)5/h3H,1-2H3;/q+1;-1. The predicted molar refractivity (Wildman–Crippen MR) is 42.9 cm³/mol. The number of aryl methyl sites for hydroxylation is 2. The molecular weight excluding hydrogens is 203 g/mol. The van der Waals surface area contributed by atoms with Crippen molar-refractivity contribution in [2.45, 2.75) is 6.92 Å². The number of diazo groups is 1. The molecule has 0 aliphatic rings. The van der Waals surface area contributed by atoms with Crippen molar-refractivity contribution in [3.05, 3.63) is 16.7 Å². The molecule has 0 atom stereocenters. The maximum atomic E-state index is 9.75. The van der Waals surface area contributed by atoms with Crippen molar-refractivity contribution in [2.24, 2.45) is 7.05 Å². The van der Waals surface area contributed by atoms with Gasteiger partial charge in [-0.3, -0.25) is 0 Å². The van der Waals surface area contributed by atoms with Crippen molar-refractivity contribution in [1.29, 1.82) is 5.39 Å². The molecule has 0 fully saturated rings. The van der Waals surface area contributed by atoms with Gasteiger partial charge >= 0.3 is 13.1 Å². The molecule has 0 unspecified atom stereocenters. The third-order valence-electron chi connectivity index (χ3n) is 1.20. The first-order valence-corrected chi connectivity index (χ1v) is 3.47. The molecule has 1 heterocycles. The molecule has 14 heavy (non-hydrogen) atoms. The van der Waals surface area contributed by atoms with Crippen LogP contribution >= 0.6 is 0 Å². The van der Waals surface area contributed by atoms with Crippen LogP contribution in [0.25, 0.3) is 4.98 Å². The molecular formula is C5H7BF4N4. The summed E-state index contributed by atoms with van der Waals surface area (Å²) < 4.78 is 40.6. The van der Waals surface area contributed by atoms with Crippen molar-refractivity contribution >= 4 is 13.1 Å². The molecule has 4 nitrogen and oxygen atoms in total. The number of hydrogen-bond donors (Lipinski definition) is 0. The second-order valence-electron chi connectivity index (χ2n) is 2.36. The monoisotopic (exact) mass is 210 g/mol. The number of aromatic nitrogens is 2. The fourth-order valence-electron chi connectivity index (χ4n) is 0.591.